The van der Waals surface area contributed by atoms with Crippen molar-refractivity contribution in [1.82, 2.24) is 5.43 Å². The number of para-hydroxylation sites is 1. The Morgan fingerprint density at radius 3 is 2.14 bits per heavy atom. The van der Waals surface area contributed by atoms with Crippen molar-refractivity contribution < 1.29 is 28.7 Å². The van der Waals surface area contributed by atoms with Gasteiger partial charge in [-0.2, -0.15) is 5.10 Å². The third-order valence-electron chi connectivity index (χ3n) is 5.60. The van der Waals surface area contributed by atoms with Crippen molar-refractivity contribution in [1.29, 1.82) is 0 Å². The zero-order valence-electron chi connectivity index (χ0n) is 22.3. The van der Waals surface area contributed by atoms with Crippen molar-refractivity contribution in [2.24, 2.45) is 5.10 Å². The topological polar surface area (TPSA) is 135 Å². The molecule has 0 saturated carbocycles. The zero-order valence-corrected chi connectivity index (χ0v) is 23.9. The number of amides is 3. The Bertz CT molecular complexity index is 1600. The molecule has 0 aliphatic heterocycles. The van der Waals surface area contributed by atoms with E-state index in [2.05, 4.69) is 37.1 Å². The van der Waals surface area contributed by atoms with E-state index in [9.17, 15) is 19.2 Å². The number of nitrogens with one attached hydrogen (secondary N) is 3. The summed E-state index contributed by atoms with van der Waals surface area (Å²) in [6.45, 7) is 2.40. The van der Waals surface area contributed by atoms with E-state index in [1.807, 2.05) is 6.92 Å². The molecule has 0 aromatic heterocycles. The van der Waals surface area contributed by atoms with Crippen molar-refractivity contribution in [2.45, 2.75) is 6.92 Å². The van der Waals surface area contributed by atoms with E-state index in [4.69, 9.17) is 9.47 Å². The number of nitrogens with zero attached hydrogens (tertiary/aromatic N) is 1. The van der Waals surface area contributed by atoms with Gasteiger partial charge in [-0.1, -0.05) is 28.1 Å². The first kappa shape index (κ1) is 29.7. The number of rotatable bonds is 9. The standard InChI is InChI=1S/C31H25BrN4O6/c1-2-41-24-17-13-23(14-18-24)34-28(37)26-5-3-4-6-27(26)35-29(38)30(39)36-33-19-20-7-15-25(16-8-20)42-31(40)21-9-11-22(32)12-10-21/h3-19H,2H2,1H3,(H,34,37)(H,35,38)(H,36,39). The second kappa shape index (κ2) is 14.4. The zero-order chi connectivity index (χ0) is 29.9. The number of carbonyl (C=O) groups excluding carboxylic acids is 4. The molecule has 11 heteroatoms. The smallest absolute Gasteiger partial charge is 0.343 e. The van der Waals surface area contributed by atoms with Gasteiger partial charge >= 0.3 is 17.8 Å². The molecule has 0 radical (unpaired) electrons. The van der Waals surface area contributed by atoms with Crippen LogP contribution in [0.5, 0.6) is 11.5 Å². The number of halogens is 1. The molecule has 0 heterocycles. The first-order valence-corrected chi connectivity index (χ1v) is 13.5. The molecule has 4 aromatic carbocycles. The number of hydrogen-bond acceptors (Lipinski definition) is 7. The van der Waals surface area contributed by atoms with Crippen LogP contribution in [0.2, 0.25) is 0 Å². The van der Waals surface area contributed by atoms with Gasteiger partial charge in [0.15, 0.2) is 0 Å². The molecule has 0 fully saturated rings. The first-order valence-electron chi connectivity index (χ1n) is 12.7. The molecule has 0 spiro atoms. The van der Waals surface area contributed by atoms with E-state index < -0.39 is 23.7 Å². The number of benzene rings is 4. The van der Waals surface area contributed by atoms with E-state index in [-0.39, 0.29) is 11.3 Å². The fraction of sp³-hybridized carbons (Fsp3) is 0.0645. The summed E-state index contributed by atoms with van der Waals surface area (Å²) in [6.07, 6.45) is 1.32. The molecule has 0 aliphatic rings. The van der Waals surface area contributed by atoms with Crippen molar-refractivity contribution >= 4 is 57.2 Å². The highest BCUT2D eigenvalue weighted by molar-refractivity contribution is 9.10. The van der Waals surface area contributed by atoms with E-state index in [0.29, 0.717) is 34.9 Å². The first-order chi connectivity index (χ1) is 20.3. The van der Waals surface area contributed by atoms with Crippen LogP contribution in [-0.2, 0) is 9.59 Å². The van der Waals surface area contributed by atoms with Crippen LogP contribution in [0.15, 0.2) is 107 Å². The van der Waals surface area contributed by atoms with Gasteiger partial charge in [0.2, 0.25) is 0 Å². The van der Waals surface area contributed by atoms with Crippen LogP contribution in [0.3, 0.4) is 0 Å². The molecule has 3 N–H and O–H groups in total. The molecule has 0 unspecified atom stereocenters. The maximum Gasteiger partial charge on any atom is 0.343 e. The minimum Gasteiger partial charge on any atom is -0.494 e. The Hall–Kier alpha value is -5.29. The Morgan fingerprint density at radius 2 is 1.45 bits per heavy atom. The van der Waals surface area contributed by atoms with E-state index in [0.717, 1.165) is 4.47 Å². The highest BCUT2D eigenvalue weighted by Crippen LogP contribution is 2.20. The average Bonchev–Trinajstić information content (AvgIpc) is 2.99. The predicted molar refractivity (Wildman–Crippen MR) is 162 cm³/mol. The quantitative estimate of drug-likeness (QED) is 0.0746. The Labute approximate surface area is 249 Å². The van der Waals surface area contributed by atoms with Crippen molar-refractivity contribution in [3.8, 4) is 11.5 Å². The van der Waals surface area contributed by atoms with Crippen LogP contribution in [0, 0.1) is 0 Å². The van der Waals surface area contributed by atoms with Gasteiger partial charge in [-0.3, -0.25) is 14.4 Å². The van der Waals surface area contributed by atoms with Crippen molar-refractivity contribution in [2.75, 3.05) is 17.2 Å². The van der Waals surface area contributed by atoms with Gasteiger partial charge in [-0.15, -0.1) is 0 Å². The summed E-state index contributed by atoms with van der Waals surface area (Å²) in [5.41, 5.74) is 3.98. The van der Waals surface area contributed by atoms with E-state index in [1.165, 1.54) is 18.3 Å². The van der Waals surface area contributed by atoms with Crippen LogP contribution < -0.4 is 25.5 Å². The van der Waals surface area contributed by atoms with Crippen LogP contribution in [0.25, 0.3) is 0 Å². The van der Waals surface area contributed by atoms with E-state index >= 15 is 0 Å². The van der Waals surface area contributed by atoms with Crippen LogP contribution in [-0.4, -0.2) is 36.5 Å². The lowest BCUT2D eigenvalue weighted by Gasteiger charge is -2.11. The van der Waals surface area contributed by atoms with Gasteiger partial charge in [0.1, 0.15) is 11.5 Å². The van der Waals surface area contributed by atoms with Crippen molar-refractivity contribution in [3.63, 3.8) is 0 Å². The number of ether oxygens (including phenoxy) is 2. The summed E-state index contributed by atoms with van der Waals surface area (Å²) in [5, 5.41) is 8.98. The van der Waals surface area contributed by atoms with Gasteiger partial charge in [0, 0.05) is 10.2 Å². The third kappa shape index (κ3) is 8.35. The lowest BCUT2D eigenvalue weighted by Crippen LogP contribution is -2.33. The summed E-state index contributed by atoms with van der Waals surface area (Å²) >= 11 is 3.31. The SMILES string of the molecule is CCOc1ccc(NC(=O)c2ccccc2NC(=O)C(=O)NN=Cc2ccc(OC(=O)c3ccc(Br)cc3)cc2)cc1. The second-order valence-corrected chi connectivity index (χ2v) is 9.49. The van der Waals surface area contributed by atoms with Gasteiger partial charge in [-0.25, -0.2) is 10.2 Å². The molecule has 3 amide bonds. The number of esters is 1. The molecule has 0 bridgehead atoms. The fourth-order valence-corrected chi connectivity index (χ4v) is 3.82. The Morgan fingerprint density at radius 1 is 0.786 bits per heavy atom. The summed E-state index contributed by atoms with van der Waals surface area (Å²) < 4.78 is 11.6. The Balaban J connectivity index is 1.29. The average molecular weight is 629 g/mol. The molecular weight excluding hydrogens is 604 g/mol. The molecule has 4 aromatic rings. The number of hydrogen-bond donors (Lipinski definition) is 3. The predicted octanol–water partition coefficient (Wildman–Crippen LogP) is 5.41. The van der Waals surface area contributed by atoms with Gasteiger partial charge < -0.3 is 20.1 Å². The fourth-order valence-electron chi connectivity index (χ4n) is 3.56. The minimum atomic E-state index is -1.03. The maximum absolute atomic E-state index is 12.8. The molecule has 0 atom stereocenters. The lowest BCUT2D eigenvalue weighted by atomic mass is 10.1. The van der Waals surface area contributed by atoms with Crippen molar-refractivity contribution in [3.05, 3.63) is 118 Å². The highest BCUT2D eigenvalue weighted by atomic mass is 79.9. The maximum atomic E-state index is 12.8. The minimum absolute atomic E-state index is 0.151. The molecule has 42 heavy (non-hydrogen) atoms. The molecule has 0 saturated heterocycles. The molecule has 4 rings (SSSR count). The molecular formula is C31H25BrN4O6. The lowest BCUT2D eigenvalue weighted by molar-refractivity contribution is -0.136. The summed E-state index contributed by atoms with van der Waals surface area (Å²) in [7, 11) is 0. The molecule has 10 nitrogen and oxygen atoms in total. The van der Waals surface area contributed by atoms with Crippen LogP contribution >= 0.6 is 15.9 Å². The van der Waals surface area contributed by atoms with Gasteiger partial charge in [0.25, 0.3) is 5.91 Å². The van der Waals surface area contributed by atoms with Gasteiger partial charge in [0.05, 0.1) is 29.6 Å². The molecule has 0 aliphatic carbocycles. The summed E-state index contributed by atoms with van der Waals surface area (Å²) in [5.74, 6) is -2.02. The summed E-state index contributed by atoms with van der Waals surface area (Å²) in [4.78, 5) is 49.9. The van der Waals surface area contributed by atoms with Crippen LogP contribution in [0.4, 0.5) is 11.4 Å². The van der Waals surface area contributed by atoms with Gasteiger partial charge in [-0.05, 0) is 97.4 Å². The summed E-state index contributed by atoms with van der Waals surface area (Å²) in [6, 6.07) is 26.3. The second-order valence-electron chi connectivity index (χ2n) is 8.58. The monoisotopic (exact) mass is 628 g/mol. The highest BCUT2D eigenvalue weighted by Gasteiger charge is 2.18. The normalized spacial score (nSPS) is 10.5. The molecule has 212 valence electrons. The number of carbonyl (C=O) groups is 4. The number of anilines is 2. The third-order valence-corrected chi connectivity index (χ3v) is 6.13. The largest absolute Gasteiger partial charge is 0.494 e. The number of hydrazone groups is 1. The Kier molecular flexibility index (Phi) is 10.2. The van der Waals surface area contributed by atoms with Crippen LogP contribution in [0.1, 0.15) is 33.2 Å². The van der Waals surface area contributed by atoms with E-state index in [1.54, 1.807) is 84.9 Å².